The molecule has 1 heterocycles. The Morgan fingerprint density at radius 2 is 2.09 bits per heavy atom. The van der Waals surface area contributed by atoms with E-state index >= 15 is 0 Å². The molecule has 0 spiro atoms. The van der Waals surface area contributed by atoms with E-state index in [-0.39, 0.29) is 5.91 Å². The number of carbonyl (C=O) groups is 1. The highest BCUT2D eigenvalue weighted by Gasteiger charge is 2.10. The predicted molar refractivity (Wildman–Crippen MR) is 93.3 cm³/mol. The van der Waals surface area contributed by atoms with E-state index in [4.69, 9.17) is 4.74 Å². The standard InChI is InChI=1S/C17H23N3O2S/c1-11(2)16-19-20-17(23-16)18-15(21)6-5-9-22-14-10-12(3)7-8-13(14)4/h7-8,10-11H,5-6,9H2,1-4H3,(H,18,20,21). The Morgan fingerprint density at radius 1 is 1.30 bits per heavy atom. The van der Waals surface area contributed by atoms with Crippen molar-refractivity contribution in [3.63, 3.8) is 0 Å². The highest BCUT2D eigenvalue weighted by Crippen LogP contribution is 2.22. The van der Waals surface area contributed by atoms with E-state index in [1.165, 1.54) is 16.9 Å². The van der Waals surface area contributed by atoms with Gasteiger partial charge in [-0.1, -0.05) is 37.3 Å². The number of hydrogen-bond donors (Lipinski definition) is 1. The van der Waals surface area contributed by atoms with Gasteiger partial charge in [0, 0.05) is 12.3 Å². The average molecular weight is 333 g/mol. The number of nitrogens with zero attached hydrogens (tertiary/aromatic N) is 2. The Morgan fingerprint density at radius 3 is 2.78 bits per heavy atom. The predicted octanol–water partition coefficient (Wildman–Crippen LogP) is 4.08. The molecule has 1 aromatic heterocycles. The fourth-order valence-electron chi connectivity index (χ4n) is 1.98. The van der Waals surface area contributed by atoms with Gasteiger partial charge in [-0.3, -0.25) is 4.79 Å². The molecule has 0 aliphatic heterocycles. The lowest BCUT2D eigenvalue weighted by molar-refractivity contribution is -0.116. The number of rotatable bonds is 7. The molecular weight excluding hydrogens is 310 g/mol. The number of anilines is 1. The van der Waals surface area contributed by atoms with Crippen LogP contribution in [-0.4, -0.2) is 22.7 Å². The molecule has 2 aromatic rings. The maximum absolute atomic E-state index is 11.9. The zero-order valence-corrected chi connectivity index (χ0v) is 14.9. The summed E-state index contributed by atoms with van der Waals surface area (Å²) < 4.78 is 5.75. The molecule has 1 N–H and O–H groups in total. The molecule has 0 bridgehead atoms. The highest BCUT2D eigenvalue weighted by molar-refractivity contribution is 7.15. The molecule has 1 amide bonds. The lowest BCUT2D eigenvalue weighted by Gasteiger charge is -2.09. The summed E-state index contributed by atoms with van der Waals surface area (Å²) in [6.45, 7) is 8.68. The number of nitrogens with one attached hydrogen (secondary N) is 1. The van der Waals surface area contributed by atoms with E-state index < -0.39 is 0 Å². The van der Waals surface area contributed by atoms with E-state index in [9.17, 15) is 4.79 Å². The van der Waals surface area contributed by atoms with Crippen molar-refractivity contribution >= 4 is 22.4 Å². The number of benzene rings is 1. The van der Waals surface area contributed by atoms with Crippen molar-refractivity contribution in [1.29, 1.82) is 0 Å². The largest absolute Gasteiger partial charge is 0.493 e. The zero-order chi connectivity index (χ0) is 16.8. The minimum absolute atomic E-state index is 0.0546. The summed E-state index contributed by atoms with van der Waals surface area (Å²) in [5.74, 6) is 1.15. The fourth-order valence-corrected chi connectivity index (χ4v) is 2.74. The molecule has 6 heteroatoms. The third-order valence-corrected chi connectivity index (χ3v) is 4.47. The van der Waals surface area contributed by atoms with Gasteiger partial charge in [0.15, 0.2) is 0 Å². The Bertz CT molecular complexity index is 668. The first-order chi connectivity index (χ1) is 11.0. The number of aryl methyl sites for hydroxylation is 2. The summed E-state index contributed by atoms with van der Waals surface area (Å²) in [4.78, 5) is 11.9. The van der Waals surface area contributed by atoms with Gasteiger partial charge in [0.05, 0.1) is 6.61 Å². The van der Waals surface area contributed by atoms with Crippen molar-refractivity contribution < 1.29 is 9.53 Å². The van der Waals surface area contributed by atoms with Crippen LogP contribution >= 0.6 is 11.3 Å². The number of carbonyl (C=O) groups excluding carboxylic acids is 1. The summed E-state index contributed by atoms with van der Waals surface area (Å²) >= 11 is 1.42. The van der Waals surface area contributed by atoms with Crippen LogP contribution < -0.4 is 10.1 Å². The van der Waals surface area contributed by atoms with Crippen LogP contribution in [-0.2, 0) is 4.79 Å². The topological polar surface area (TPSA) is 64.1 Å². The minimum atomic E-state index is -0.0546. The first-order valence-electron chi connectivity index (χ1n) is 7.79. The monoisotopic (exact) mass is 333 g/mol. The zero-order valence-electron chi connectivity index (χ0n) is 14.0. The molecular formula is C17H23N3O2S. The molecule has 0 unspecified atom stereocenters. The van der Waals surface area contributed by atoms with Crippen molar-refractivity contribution in [3.05, 3.63) is 34.3 Å². The summed E-state index contributed by atoms with van der Waals surface area (Å²) in [6, 6.07) is 6.12. The van der Waals surface area contributed by atoms with Crippen LogP contribution in [0.3, 0.4) is 0 Å². The van der Waals surface area contributed by atoms with Crippen LogP contribution in [0.4, 0.5) is 5.13 Å². The number of hydrogen-bond acceptors (Lipinski definition) is 5. The van der Waals surface area contributed by atoms with E-state index in [0.717, 1.165) is 16.3 Å². The van der Waals surface area contributed by atoms with Gasteiger partial charge in [-0.2, -0.15) is 0 Å². The lowest BCUT2D eigenvalue weighted by atomic mass is 10.1. The Hall–Kier alpha value is -1.95. The average Bonchev–Trinajstić information content (AvgIpc) is 2.95. The molecule has 0 saturated carbocycles. The summed E-state index contributed by atoms with van der Waals surface area (Å²) in [6.07, 6.45) is 1.07. The normalized spacial score (nSPS) is 10.8. The molecule has 5 nitrogen and oxygen atoms in total. The maximum atomic E-state index is 11.9. The van der Waals surface area contributed by atoms with Crippen molar-refractivity contribution in [2.24, 2.45) is 0 Å². The molecule has 1 aromatic carbocycles. The second-order valence-corrected chi connectivity index (χ2v) is 6.88. The van der Waals surface area contributed by atoms with Gasteiger partial charge in [-0.25, -0.2) is 0 Å². The van der Waals surface area contributed by atoms with Crippen LogP contribution in [0.1, 0.15) is 48.7 Å². The van der Waals surface area contributed by atoms with E-state index in [1.54, 1.807) is 0 Å². The maximum Gasteiger partial charge on any atom is 0.226 e. The first kappa shape index (κ1) is 17.4. The first-order valence-corrected chi connectivity index (χ1v) is 8.60. The molecule has 0 atom stereocenters. The van der Waals surface area contributed by atoms with Gasteiger partial charge in [-0.05, 0) is 37.5 Å². The van der Waals surface area contributed by atoms with Gasteiger partial charge in [0.1, 0.15) is 10.8 Å². The molecule has 0 fully saturated rings. The van der Waals surface area contributed by atoms with Gasteiger partial charge in [0.25, 0.3) is 0 Å². The van der Waals surface area contributed by atoms with E-state index in [1.807, 2.05) is 26.0 Å². The molecule has 0 aliphatic rings. The van der Waals surface area contributed by atoms with Gasteiger partial charge >= 0.3 is 0 Å². The summed E-state index contributed by atoms with van der Waals surface area (Å²) in [5, 5.41) is 12.3. The quantitative estimate of drug-likeness (QED) is 0.776. The van der Waals surface area contributed by atoms with E-state index in [2.05, 4.69) is 35.4 Å². The van der Waals surface area contributed by atoms with Gasteiger partial charge in [0.2, 0.25) is 11.0 Å². The van der Waals surface area contributed by atoms with Crippen molar-refractivity contribution in [2.45, 2.75) is 46.5 Å². The summed E-state index contributed by atoms with van der Waals surface area (Å²) in [5.41, 5.74) is 2.27. The third-order valence-electron chi connectivity index (χ3n) is 3.33. The lowest BCUT2D eigenvalue weighted by Crippen LogP contribution is -2.12. The fraction of sp³-hybridized carbons (Fsp3) is 0.471. The Balaban J connectivity index is 1.73. The van der Waals surface area contributed by atoms with Crippen molar-refractivity contribution in [3.8, 4) is 5.75 Å². The molecule has 23 heavy (non-hydrogen) atoms. The molecule has 0 aliphatic carbocycles. The molecule has 2 rings (SSSR count). The molecule has 0 radical (unpaired) electrons. The number of aromatic nitrogens is 2. The Kier molecular flexibility index (Phi) is 6.10. The SMILES string of the molecule is Cc1ccc(C)c(OCCCC(=O)Nc2nnc(C(C)C)s2)c1. The third kappa shape index (κ3) is 5.32. The van der Waals surface area contributed by atoms with Crippen LogP contribution in [0.5, 0.6) is 5.75 Å². The van der Waals surface area contributed by atoms with Gasteiger partial charge < -0.3 is 10.1 Å². The van der Waals surface area contributed by atoms with Crippen LogP contribution in [0.15, 0.2) is 18.2 Å². The Labute approximate surface area is 141 Å². The number of ether oxygens (including phenoxy) is 1. The van der Waals surface area contributed by atoms with Crippen LogP contribution in [0, 0.1) is 13.8 Å². The highest BCUT2D eigenvalue weighted by atomic mass is 32.1. The van der Waals surface area contributed by atoms with Crippen molar-refractivity contribution in [1.82, 2.24) is 10.2 Å². The van der Waals surface area contributed by atoms with Gasteiger partial charge in [-0.15, -0.1) is 10.2 Å². The second kappa shape index (κ2) is 8.06. The van der Waals surface area contributed by atoms with Crippen LogP contribution in [0.2, 0.25) is 0 Å². The smallest absolute Gasteiger partial charge is 0.226 e. The van der Waals surface area contributed by atoms with E-state index in [0.29, 0.717) is 30.5 Å². The van der Waals surface area contributed by atoms with Crippen molar-refractivity contribution in [2.75, 3.05) is 11.9 Å². The molecule has 0 saturated heterocycles. The minimum Gasteiger partial charge on any atom is -0.493 e. The number of amides is 1. The summed E-state index contributed by atoms with van der Waals surface area (Å²) in [7, 11) is 0. The van der Waals surface area contributed by atoms with Crippen LogP contribution in [0.25, 0.3) is 0 Å². The molecule has 124 valence electrons. The second-order valence-electron chi connectivity index (χ2n) is 5.87.